The topological polar surface area (TPSA) is 161 Å². The molecule has 0 heterocycles. The maximum Gasteiger partial charge on any atom is 0.357 e. The number of hydrogen-bond donors (Lipinski definition) is 0. The van der Waals surface area contributed by atoms with E-state index in [1.807, 2.05) is 0 Å². The third-order valence-corrected chi connectivity index (χ3v) is 17.5. The van der Waals surface area contributed by atoms with Gasteiger partial charge in [0.15, 0.2) is 28.6 Å². The molecule has 0 amide bonds. The molecule has 0 radical (unpaired) electrons. The van der Waals surface area contributed by atoms with Crippen LogP contribution in [0.25, 0.3) is 0 Å². The highest BCUT2D eigenvalue weighted by Gasteiger charge is 2.15. The molecular weight excluding hydrogens is 1280 g/mol. The van der Waals surface area contributed by atoms with Crippen molar-refractivity contribution in [2.45, 2.75) is 0 Å². The van der Waals surface area contributed by atoms with Gasteiger partial charge in [0.05, 0.1) is 0 Å². The van der Waals surface area contributed by atoms with E-state index in [0.717, 1.165) is 0 Å². The summed E-state index contributed by atoms with van der Waals surface area (Å²) in [4.78, 5) is 0. The van der Waals surface area contributed by atoms with Crippen LogP contribution in [0.4, 0.5) is 0 Å². The van der Waals surface area contributed by atoms with Gasteiger partial charge in [0.1, 0.15) is 0 Å². The lowest BCUT2D eigenvalue weighted by atomic mass is 10.4. The lowest BCUT2D eigenvalue weighted by Gasteiger charge is -2.06. The van der Waals surface area contributed by atoms with E-state index >= 15 is 0 Å². The molecule has 0 aliphatic rings. The summed E-state index contributed by atoms with van der Waals surface area (Å²) in [6.45, 7) is 0. The third-order valence-electron chi connectivity index (χ3n) is 6.74. The van der Waals surface area contributed by atoms with E-state index < -0.39 is 20.8 Å². The first-order valence-electron chi connectivity index (χ1n) is 18.1. The molecule has 0 fully saturated rings. The maximum atomic E-state index is 8.52. The average Bonchev–Trinajstić information content (AvgIpc) is 3.26. The molecule has 0 aliphatic heterocycles. The summed E-state index contributed by atoms with van der Waals surface area (Å²) < 4.78 is 80.0. The summed E-state index contributed by atoms with van der Waals surface area (Å²) in [5.74, 6) is 0. The monoisotopic (exact) mass is 1320 g/mol. The molecule has 0 bridgehead atoms. The van der Waals surface area contributed by atoms with Crippen LogP contribution in [-0.4, -0.2) is 35.0 Å². The quantitative estimate of drug-likeness (QED) is 0.0866. The van der Waals surface area contributed by atoms with Crippen LogP contribution in [-0.2, 0) is 20.8 Å². The molecule has 0 aromatic heterocycles. The standard InChI is InChI=1S/4C12H10I.2H2O4S/c4*1-3-7-11(8-4-1)13-12-9-5-2-6-10-12;2*1-5(2,3)4/h4*1-10H;2*(H2,1,2,3,4)/q4*+1;;/p-4. The molecule has 0 aliphatic carbocycles. The molecule has 0 spiro atoms. The van der Waals surface area contributed by atoms with Gasteiger partial charge in [-0.05, 0) is 97.1 Å². The number of benzene rings is 8. The molecule has 8 aromatic carbocycles. The predicted octanol–water partition coefficient (Wildman–Crippen LogP) is -3.42. The van der Waals surface area contributed by atoms with E-state index in [0.29, 0.717) is 0 Å². The van der Waals surface area contributed by atoms with Gasteiger partial charge in [0, 0.05) is 20.8 Å². The Morgan fingerprint density at radius 2 is 0.290 bits per heavy atom. The van der Waals surface area contributed by atoms with Crippen molar-refractivity contribution in [3.8, 4) is 0 Å². The van der Waals surface area contributed by atoms with Crippen molar-refractivity contribution >= 4 is 20.8 Å². The van der Waals surface area contributed by atoms with Crippen LogP contribution in [0.5, 0.6) is 0 Å². The molecule has 8 nitrogen and oxygen atoms in total. The summed E-state index contributed by atoms with van der Waals surface area (Å²) >= 11 is 0.115. The van der Waals surface area contributed by atoms with Gasteiger partial charge in [-0.15, -0.1) is 0 Å². The zero-order chi connectivity index (χ0) is 44.7. The smallest absolute Gasteiger partial charge is 0.357 e. The average molecular weight is 1320 g/mol. The van der Waals surface area contributed by atoms with Gasteiger partial charge in [-0.3, -0.25) is 16.8 Å². The van der Waals surface area contributed by atoms with E-state index in [1.165, 1.54) is 28.6 Å². The fourth-order valence-electron chi connectivity index (χ4n) is 4.33. The minimum atomic E-state index is -5.17. The second-order valence-electron chi connectivity index (χ2n) is 11.6. The van der Waals surface area contributed by atoms with Gasteiger partial charge in [0.2, 0.25) is 0 Å². The Bertz CT molecular complexity index is 2050. The van der Waals surface area contributed by atoms with Gasteiger partial charge in [-0.1, -0.05) is 146 Å². The van der Waals surface area contributed by atoms with Crippen molar-refractivity contribution in [3.05, 3.63) is 271 Å². The van der Waals surface area contributed by atoms with Crippen molar-refractivity contribution in [1.82, 2.24) is 0 Å². The van der Waals surface area contributed by atoms with Crippen LogP contribution in [0, 0.1) is 28.6 Å². The molecule has 0 atom stereocenters. The molecule has 0 saturated carbocycles. The Morgan fingerprint density at radius 1 is 0.210 bits per heavy atom. The summed E-state index contributed by atoms with van der Waals surface area (Å²) in [5.41, 5.74) is 0. The van der Waals surface area contributed by atoms with Gasteiger partial charge in [-0.25, -0.2) is 0 Å². The summed E-state index contributed by atoms with van der Waals surface area (Å²) in [6, 6.07) is 85.6. The zero-order valence-corrected chi connectivity index (χ0v) is 43.0. The fourth-order valence-corrected chi connectivity index (χ4v) is 13.4. The largest absolute Gasteiger partial charge is 0.759 e. The van der Waals surface area contributed by atoms with Gasteiger partial charge in [0.25, 0.3) is 0 Å². The Labute approximate surface area is 407 Å². The highest BCUT2D eigenvalue weighted by Crippen LogP contribution is 1.89. The van der Waals surface area contributed by atoms with Crippen molar-refractivity contribution < 1.29 is 120 Å². The van der Waals surface area contributed by atoms with E-state index in [2.05, 4.69) is 243 Å². The SMILES string of the molecule is O=S(=O)([O-])[O-].O=S(=O)([O-])[O-].c1ccc([I+]c2ccccc2)cc1.c1ccc([I+]c2ccccc2)cc1.c1ccc([I+]c2ccccc2)cc1.c1ccc([I+]c2ccccc2)cc1. The van der Waals surface area contributed by atoms with Crippen LogP contribution >= 0.6 is 0 Å². The zero-order valence-electron chi connectivity index (χ0n) is 32.7. The summed E-state index contributed by atoms with van der Waals surface area (Å²) in [5, 5.41) is 0. The second-order valence-corrected chi connectivity index (χ2v) is 25.3. The third kappa shape index (κ3) is 29.7. The van der Waals surface area contributed by atoms with E-state index in [-0.39, 0.29) is 84.8 Å². The molecule has 320 valence electrons. The second kappa shape index (κ2) is 31.3. The lowest BCUT2D eigenvalue weighted by molar-refractivity contribution is -0.597. The van der Waals surface area contributed by atoms with Crippen molar-refractivity contribution in [1.29, 1.82) is 0 Å². The first-order chi connectivity index (χ1) is 29.8. The van der Waals surface area contributed by atoms with Crippen LogP contribution in [0.1, 0.15) is 0 Å². The van der Waals surface area contributed by atoms with E-state index in [4.69, 9.17) is 35.0 Å². The highest BCUT2D eigenvalue weighted by atomic mass is 127. The number of rotatable bonds is 8. The molecule has 14 heteroatoms. The molecule has 0 saturated heterocycles. The summed E-state index contributed by atoms with van der Waals surface area (Å²) in [7, 11) is -10.3. The molecule has 0 N–H and O–H groups in total. The van der Waals surface area contributed by atoms with Crippen LogP contribution in [0.3, 0.4) is 0 Å². The van der Waals surface area contributed by atoms with Crippen LogP contribution < -0.4 is 84.8 Å². The van der Waals surface area contributed by atoms with Gasteiger partial charge < -0.3 is 18.2 Å². The Morgan fingerprint density at radius 3 is 0.371 bits per heavy atom. The molecular formula is C48H40I4O8S2. The minimum Gasteiger partial charge on any atom is -0.759 e. The van der Waals surface area contributed by atoms with Gasteiger partial charge >= 0.3 is 84.8 Å². The lowest BCUT2D eigenvalue weighted by Crippen LogP contribution is -3.61. The van der Waals surface area contributed by atoms with Crippen molar-refractivity contribution in [3.63, 3.8) is 0 Å². The number of halogens is 4. The van der Waals surface area contributed by atoms with Crippen LogP contribution in [0.2, 0.25) is 0 Å². The molecule has 8 aromatic rings. The summed E-state index contributed by atoms with van der Waals surface area (Å²) in [6.07, 6.45) is 0. The van der Waals surface area contributed by atoms with Crippen molar-refractivity contribution in [2.24, 2.45) is 0 Å². The van der Waals surface area contributed by atoms with E-state index in [1.54, 1.807) is 0 Å². The van der Waals surface area contributed by atoms with Crippen LogP contribution in [0.15, 0.2) is 243 Å². The Kier molecular flexibility index (Phi) is 26.6. The number of hydrogen-bond acceptors (Lipinski definition) is 8. The first-order valence-corrected chi connectivity index (χ1v) is 29.4. The predicted molar refractivity (Wildman–Crippen MR) is 222 cm³/mol. The fraction of sp³-hybridized carbons (Fsp3) is 0. The van der Waals surface area contributed by atoms with Gasteiger partial charge in [-0.2, -0.15) is 0 Å². The molecule has 62 heavy (non-hydrogen) atoms. The Balaban J connectivity index is 0.000000205. The normalized spacial score (nSPS) is 10.1. The Hall–Kier alpha value is -3.58. The first kappa shape index (κ1) is 52.8. The molecule has 8 rings (SSSR count). The van der Waals surface area contributed by atoms with E-state index in [9.17, 15) is 0 Å². The minimum absolute atomic E-state index is 0.0287. The highest BCUT2D eigenvalue weighted by molar-refractivity contribution is 7.79. The maximum absolute atomic E-state index is 8.52. The van der Waals surface area contributed by atoms with Crippen molar-refractivity contribution in [2.75, 3.05) is 0 Å². The molecule has 0 unspecified atom stereocenters.